The number of piperazine rings is 1. The summed E-state index contributed by atoms with van der Waals surface area (Å²) < 4.78 is 0. The highest BCUT2D eigenvalue weighted by Crippen LogP contribution is 2.22. The van der Waals surface area contributed by atoms with Gasteiger partial charge in [-0.3, -0.25) is 20.0 Å². The number of amides is 1. The van der Waals surface area contributed by atoms with Crippen molar-refractivity contribution in [1.29, 1.82) is 0 Å². The number of nitrogen functional groups attached to an aromatic ring is 1. The number of nitrogens with zero attached hydrogens (tertiary/aromatic N) is 2. The van der Waals surface area contributed by atoms with Crippen LogP contribution in [0.1, 0.15) is 35.2 Å². The molecular formula is C16H24N4O. The second-order valence-corrected chi connectivity index (χ2v) is 6.09. The maximum absolute atomic E-state index is 11.4. The number of piperidine rings is 1. The Bertz CT molecular complexity index is 488. The predicted molar refractivity (Wildman–Crippen MR) is 82.6 cm³/mol. The molecule has 0 spiro atoms. The first-order valence-corrected chi connectivity index (χ1v) is 7.82. The SMILES string of the molecule is NNC(=O)c1ccc(CN2CCN3CCCCC3C2)cc1. The van der Waals surface area contributed by atoms with E-state index in [2.05, 4.69) is 15.2 Å². The van der Waals surface area contributed by atoms with Crippen molar-refractivity contribution in [3.63, 3.8) is 0 Å². The first kappa shape index (κ1) is 14.5. The van der Waals surface area contributed by atoms with Crippen LogP contribution in [0, 0.1) is 0 Å². The summed E-state index contributed by atoms with van der Waals surface area (Å²) in [6, 6.07) is 8.48. The summed E-state index contributed by atoms with van der Waals surface area (Å²) in [5.74, 6) is 4.90. The number of hydrazine groups is 1. The number of fused-ring (bicyclic) bond motifs is 1. The number of nitrogens with two attached hydrogens (primary N) is 1. The molecular weight excluding hydrogens is 264 g/mol. The molecule has 1 unspecified atom stereocenters. The van der Waals surface area contributed by atoms with Gasteiger partial charge in [-0.25, -0.2) is 5.84 Å². The van der Waals surface area contributed by atoms with E-state index in [0.29, 0.717) is 5.56 Å². The van der Waals surface area contributed by atoms with Crippen molar-refractivity contribution in [3.8, 4) is 0 Å². The van der Waals surface area contributed by atoms with E-state index in [9.17, 15) is 4.79 Å². The van der Waals surface area contributed by atoms with E-state index < -0.39 is 0 Å². The van der Waals surface area contributed by atoms with Gasteiger partial charge in [0, 0.05) is 37.8 Å². The summed E-state index contributed by atoms with van der Waals surface area (Å²) >= 11 is 0. The average molecular weight is 288 g/mol. The Morgan fingerprint density at radius 3 is 2.76 bits per heavy atom. The van der Waals surface area contributed by atoms with Crippen LogP contribution in [0.25, 0.3) is 0 Å². The Balaban J connectivity index is 1.58. The Morgan fingerprint density at radius 2 is 2.00 bits per heavy atom. The van der Waals surface area contributed by atoms with Crippen molar-refractivity contribution < 1.29 is 4.79 Å². The molecule has 0 radical (unpaired) electrons. The van der Waals surface area contributed by atoms with E-state index in [-0.39, 0.29) is 5.91 Å². The molecule has 0 aromatic heterocycles. The summed E-state index contributed by atoms with van der Waals surface area (Å²) in [6.07, 6.45) is 4.07. The molecule has 1 amide bonds. The minimum absolute atomic E-state index is 0.239. The second-order valence-electron chi connectivity index (χ2n) is 6.09. The Morgan fingerprint density at radius 1 is 1.19 bits per heavy atom. The molecule has 5 nitrogen and oxygen atoms in total. The third-order valence-electron chi connectivity index (χ3n) is 4.67. The molecule has 21 heavy (non-hydrogen) atoms. The van der Waals surface area contributed by atoms with Gasteiger partial charge in [-0.05, 0) is 37.1 Å². The van der Waals surface area contributed by atoms with Crippen LogP contribution in [0.2, 0.25) is 0 Å². The van der Waals surface area contributed by atoms with E-state index in [4.69, 9.17) is 5.84 Å². The van der Waals surface area contributed by atoms with E-state index in [1.807, 2.05) is 24.3 Å². The van der Waals surface area contributed by atoms with Crippen molar-refractivity contribution >= 4 is 5.91 Å². The van der Waals surface area contributed by atoms with E-state index in [1.54, 1.807) is 0 Å². The maximum atomic E-state index is 11.4. The molecule has 2 fully saturated rings. The van der Waals surface area contributed by atoms with E-state index in [0.717, 1.165) is 19.1 Å². The Hall–Kier alpha value is -1.43. The molecule has 0 aliphatic carbocycles. The molecule has 2 saturated heterocycles. The molecule has 3 N–H and O–H groups in total. The van der Waals surface area contributed by atoms with Crippen molar-refractivity contribution in [1.82, 2.24) is 15.2 Å². The molecule has 2 aliphatic rings. The summed E-state index contributed by atoms with van der Waals surface area (Å²) in [6.45, 7) is 5.75. The Labute approximate surface area is 126 Å². The fraction of sp³-hybridized carbons (Fsp3) is 0.562. The zero-order valence-corrected chi connectivity index (χ0v) is 12.4. The van der Waals surface area contributed by atoms with Crippen LogP contribution >= 0.6 is 0 Å². The molecule has 1 aromatic carbocycles. The molecule has 1 aromatic rings. The van der Waals surface area contributed by atoms with Crippen LogP contribution in [0.5, 0.6) is 0 Å². The lowest BCUT2D eigenvalue weighted by Gasteiger charge is -2.44. The fourth-order valence-corrected chi connectivity index (χ4v) is 3.47. The van der Waals surface area contributed by atoms with Crippen LogP contribution in [-0.4, -0.2) is 47.9 Å². The average Bonchev–Trinajstić information content (AvgIpc) is 2.55. The zero-order valence-electron chi connectivity index (χ0n) is 12.4. The minimum Gasteiger partial charge on any atom is -0.298 e. The van der Waals surface area contributed by atoms with Crippen molar-refractivity contribution in [2.75, 3.05) is 26.2 Å². The molecule has 114 valence electrons. The number of benzene rings is 1. The van der Waals surface area contributed by atoms with Crippen LogP contribution in [0.15, 0.2) is 24.3 Å². The molecule has 0 bridgehead atoms. The zero-order chi connectivity index (χ0) is 14.7. The molecule has 0 saturated carbocycles. The third-order valence-corrected chi connectivity index (χ3v) is 4.67. The lowest BCUT2D eigenvalue weighted by Crippen LogP contribution is -2.54. The number of rotatable bonds is 3. The predicted octanol–water partition coefficient (Wildman–Crippen LogP) is 0.960. The molecule has 2 aliphatic heterocycles. The highest BCUT2D eigenvalue weighted by Gasteiger charge is 2.28. The van der Waals surface area contributed by atoms with Crippen molar-refractivity contribution in [2.24, 2.45) is 5.84 Å². The second kappa shape index (κ2) is 6.56. The largest absolute Gasteiger partial charge is 0.298 e. The maximum Gasteiger partial charge on any atom is 0.265 e. The standard InChI is InChI=1S/C16H24N4O/c17-18-16(21)14-6-4-13(5-7-14)11-19-9-10-20-8-2-1-3-15(20)12-19/h4-7,15H,1-3,8-12,17H2,(H,18,21). The number of nitrogens with one attached hydrogen (secondary N) is 1. The summed E-state index contributed by atoms with van der Waals surface area (Å²) in [5.41, 5.74) is 4.03. The number of carbonyl (C=O) groups excluding carboxylic acids is 1. The minimum atomic E-state index is -0.239. The van der Waals surface area contributed by atoms with Gasteiger partial charge in [0.25, 0.3) is 5.91 Å². The van der Waals surface area contributed by atoms with Crippen LogP contribution < -0.4 is 11.3 Å². The van der Waals surface area contributed by atoms with Gasteiger partial charge in [-0.15, -0.1) is 0 Å². The van der Waals surface area contributed by atoms with Gasteiger partial charge >= 0.3 is 0 Å². The monoisotopic (exact) mass is 288 g/mol. The van der Waals surface area contributed by atoms with Crippen LogP contribution in [-0.2, 0) is 6.54 Å². The molecule has 3 rings (SSSR count). The first-order valence-electron chi connectivity index (χ1n) is 7.82. The van der Waals surface area contributed by atoms with Gasteiger partial charge in [0.15, 0.2) is 0 Å². The van der Waals surface area contributed by atoms with Gasteiger partial charge < -0.3 is 0 Å². The topological polar surface area (TPSA) is 61.6 Å². The lowest BCUT2D eigenvalue weighted by atomic mass is 9.99. The lowest BCUT2D eigenvalue weighted by molar-refractivity contribution is 0.0457. The van der Waals surface area contributed by atoms with Gasteiger partial charge in [-0.2, -0.15) is 0 Å². The molecule has 1 atom stereocenters. The Kier molecular flexibility index (Phi) is 4.53. The van der Waals surface area contributed by atoms with Crippen molar-refractivity contribution in [2.45, 2.75) is 31.8 Å². The van der Waals surface area contributed by atoms with E-state index >= 15 is 0 Å². The third kappa shape index (κ3) is 3.43. The highest BCUT2D eigenvalue weighted by atomic mass is 16.2. The van der Waals surface area contributed by atoms with Gasteiger partial charge in [-0.1, -0.05) is 18.6 Å². The first-order chi connectivity index (χ1) is 10.3. The number of hydrogen-bond acceptors (Lipinski definition) is 4. The van der Waals surface area contributed by atoms with E-state index in [1.165, 1.54) is 44.5 Å². The summed E-state index contributed by atoms with van der Waals surface area (Å²) in [4.78, 5) is 16.6. The smallest absolute Gasteiger partial charge is 0.265 e. The van der Waals surface area contributed by atoms with Gasteiger partial charge in [0.05, 0.1) is 0 Å². The summed E-state index contributed by atoms with van der Waals surface area (Å²) in [7, 11) is 0. The van der Waals surface area contributed by atoms with Crippen LogP contribution in [0.4, 0.5) is 0 Å². The van der Waals surface area contributed by atoms with Crippen LogP contribution in [0.3, 0.4) is 0 Å². The molecule has 2 heterocycles. The van der Waals surface area contributed by atoms with Crippen molar-refractivity contribution in [3.05, 3.63) is 35.4 Å². The molecule has 5 heteroatoms. The van der Waals surface area contributed by atoms with Gasteiger partial charge in [0.2, 0.25) is 0 Å². The normalized spacial score (nSPS) is 23.6. The number of carbonyl (C=O) groups is 1. The summed E-state index contributed by atoms with van der Waals surface area (Å²) in [5, 5.41) is 0. The number of hydrogen-bond donors (Lipinski definition) is 2. The quantitative estimate of drug-likeness (QED) is 0.494. The highest BCUT2D eigenvalue weighted by molar-refractivity contribution is 5.93. The van der Waals surface area contributed by atoms with Gasteiger partial charge in [0.1, 0.15) is 0 Å². The fourth-order valence-electron chi connectivity index (χ4n) is 3.47.